The summed E-state index contributed by atoms with van der Waals surface area (Å²) in [5, 5.41) is 11.4. The van der Waals surface area contributed by atoms with E-state index in [-0.39, 0.29) is 23.6 Å². The van der Waals surface area contributed by atoms with Crippen molar-refractivity contribution in [2.24, 2.45) is 0 Å². The first-order chi connectivity index (χ1) is 15.4. The van der Waals surface area contributed by atoms with Gasteiger partial charge in [0.25, 0.3) is 5.56 Å². The number of aromatic hydroxyl groups is 1. The van der Waals surface area contributed by atoms with Crippen molar-refractivity contribution in [1.82, 2.24) is 9.47 Å². The minimum Gasteiger partial charge on any atom is -0.502 e. The fourth-order valence-corrected chi connectivity index (χ4v) is 4.76. The molecule has 8 heteroatoms. The minimum atomic E-state index is -0.886. The van der Waals surface area contributed by atoms with E-state index in [1.807, 2.05) is 18.2 Å². The van der Waals surface area contributed by atoms with Crippen molar-refractivity contribution in [3.63, 3.8) is 0 Å². The Balaban J connectivity index is 1.67. The van der Waals surface area contributed by atoms with Crippen molar-refractivity contribution >= 4 is 16.8 Å². The number of amides is 1. The Kier molecular flexibility index (Phi) is 5.09. The number of morpholine rings is 1. The van der Waals surface area contributed by atoms with Crippen LogP contribution in [0.15, 0.2) is 44.3 Å². The third-order valence-corrected chi connectivity index (χ3v) is 6.34. The van der Waals surface area contributed by atoms with E-state index in [0.717, 1.165) is 22.9 Å². The molecule has 1 atom stereocenters. The Morgan fingerprint density at radius 1 is 1.16 bits per heavy atom. The van der Waals surface area contributed by atoms with Gasteiger partial charge in [-0.3, -0.25) is 14.4 Å². The number of rotatable bonds is 4. The molecule has 0 radical (unpaired) electrons. The third-order valence-electron chi connectivity index (χ3n) is 6.34. The van der Waals surface area contributed by atoms with Crippen molar-refractivity contribution in [1.29, 1.82) is 0 Å². The number of aromatic nitrogens is 1. The normalized spacial score (nSPS) is 16.5. The van der Waals surface area contributed by atoms with Gasteiger partial charge in [0.1, 0.15) is 5.76 Å². The number of carbonyl (C=O) groups excluding carboxylic acids is 1. The maximum Gasteiger partial charge on any atom is 0.255 e. The second-order valence-electron chi connectivity index (χ2n) is 8.35. The topological polar surface area (TPSA) is 102 Å². The van der Waals surface area contributed by atoms with Gasteiger partial charge in [-0.25, -0.2) is 0 Å². The summed E-state index contributed by atoms with van der Waals surface area (Å²) in [5.74, 6) is -1.38. The summed E-state index contributed by atoms with van der Waals surface area (Å²) >= 11 is 0. The molecule has 2 aliphatic heterocycles. The lowest BCUT2D eigenvalue weighted by Crippen LogP contribution is -2.41. The molecule has 5 rings (SSSR count). The second-order valence-corrected chi connectivity index (χ2v) is 8.35. The van der Waals surface area contributed by atoms with Crippen molar-refractivity contribution < 1.29 is 19.1 Å². The standard InChI is InChI=1S/C24H24N2O6/c1-14-11-19(27)22(29)23(32-14)17(13-20(28)25-7-9-31-10-8-25)18-12-16-4-2-3-15-5-6-26(21(15)16)24(18)30/h2-4,11-12,17,29H,5-10,13H2,1H3/t17-/m1/s1. The first kappa shape index (κ1) is 20.5. The Morgan fingerprint density at radius 2 is 1.94 bits per heavy atom. The average molecular weight is 436 g/mol. The molecule has 0 bridgehead atoms. The zero-order chi connectivity index (χ0) is 22.4. The van der Waals surface area contributed by atoms with E-state index in [1.165, 1.54) is 6.07 Å². The van der Waals surface area contributed by atoms with Gasteiger partial charge in [-0.15, -0.1) is 0 Å². The van der Waals surface area contributed by atoms with Crippen LogP contribution in [-0.4, -0.2) is 46.8 Å². The molecule has 2 aromatic heterocycles. The molecule has 3 aromatic rings. The van der Waals surface area contributed by atoms with E-state index in [0.29, 0.717) is 44.2 Å². The molecule has 166 valence electrons. The highest BCUT2D eigenvalue weighted by molar-refractivity contribution is 5.85. The van der Waals surface area contributed by atoms with E-state index in [1.54, 1.807) is 22.5 Å². The van der Waals surface area contributed by atoms with Crippen LogP contribution in [0.5, 0.6) is 5.75 Å². The summed E-state index contributed by atoms with van der Waals surface area (Å²) < 4.78 is 12.8. The first-order valence-corrected chi connectivity index (χ1v) is 10.8. The maximum atomic E-state index is 13.5. The number of ether oxygens (including phenoxy) is 1. The van der Waals surface area contributed by atoms with Crippen LogP contribution in [0.1, 0.15) is 35.0 Å². The Labute approximate surface area is 183 Å². The van der Waals surface area contributed by atoms with E-state index in [2.05, 4.69) is 0 Å². The number of aryl methyl sites for hydroxylation is 3. The number of pyridine rings is 1. The van der Waals surface area contributed by atoms with Crippen LogP contribution in [0.25, 0.3) is 10.9 Å². The summed E-state index contributed by atoms with van der Waals surface area (Å²) in [6, 6.07) is 8.84. The minimum absolute atomic E-state index is 0.0463. The molecule has 0 aliphatic carbocycles. The van der Waals surface area contributed by atoms with E-state index in [9.17, 15) is 19.5 Å². The highest BCUT2D eigenvalue weighted by Gasteiger charge is 2.32. The molecule has 4 heterocycles. The first-order valence-electron chi connectivity index (χ1n) is 10.8. The summed E-state index contributed by atoms with van der Waals surface area (Å²) in [6.07, 6.45) is 0.665. The van der Waals surface area contributed by atoms with Gasteiger partial charge in [-0.2, -0.15) is 0 Å². The van der Waals surface area contributed by atoms with Gasteiger partial charge in [0.15, 0.2) is 5.76 Å². The van der Waals surface area contributed by atoms with Gasteiger partial charge in [-0.05, 0) is 30.4 Å². The molecule has 1 saturated heterocycles. The number of para-hydroxylation sites is 1. The summed E-state index contributed by atoms with van der Waals surface area (Å²) in [4.78, 5) is 40.6. The molecule has 1 amide bonds. The van der Waals surface area contributed by atoms with Crippen LogP contribution >= 0.6 is 0 Å². The van der Waals surface area contributed by atoms with Crippen molar-refractivity contribution in [3.8, 4) is 5.75 Å². The smallest absolute Gasteiger partial charge is 0.255 e. The lowest BCUT2D eigenvalue weighted by Gasteiger charge is -2.28. The van der Waals surface area contributed by atoms with Gasteiger partial charge < -0.3 is 23.7 Å². The Bertz CT molecular complexity index is 1330. The third kappa shape index (κ3) is 3.40. The van der Waals surface area contributed by atoms with Crippen molar-refractivity contribution in [3.05, 3.63) is 73.6 Å². The lowest BCUT2D eigenvalue weighted by atomic mass is 9.91. The summed E-state index contributed by atoms with van der Waals surface area (Å²) in [5.41, 5.74) is 1.51. The number of hydrogen-bond donors (Lipinski definition) is 1. The zero-order valence-electron chi connectivity index (χ0n) is 17.8. The average Bonchev–Trinajstić information content (AvgIpc) is 3.23. The summed E-state index contributed by atoms with van der Waals surface area (Å²) in [6.45, 7) is 3.97. The van der Waals surface area contributed by atoms with E-state index in [4.69, 9.17) is 9.15 Å². The van der Waals surface area contributed by atoms with Gasteiger partial charge in [-0.1, -0.05) is 18.2 Å². The predicted molar refractivity (Wildman–Crippen MR) is 117 cm³/mol. The zero-order valence-corrected chi connectivity index (χ0v) is 17.8. The van der Waals surface area contributed by atoms with Gasteiger partial charge in [0, 0.05) is 37.7 Å². The summed E-state index contributed by atoms with van der Waals surface area (Å²) in [7, 11) is 0. The molecule has 0 saturated carbocycles. The van der Waals surface area contributed by atoms with Crippen LogP contribution in [0, 0.1) is 6.92 Å². The van der Waals surface area contributed by atoms with Gasteiger partial charge in [0.2, 0.25) is 17.1 Å². The number of carbonyl (C=O) groups is 1. The molecule has 0 spiro atoms. The molecule has 1 aromatic carbocycles. The van der Waals surface area contributed by atoms with Crippen LogP contribution in [0.2, 0.25) is 0 Å². The number of hydrogen-bond acceptors (Lipinski definition) is 6. The van der Waals surface area contributed by atoms with Crippen LogP contribution in [0.4, 0.5) is 0 Å². The van der Waals surface area contributed by atoms with Crippen LogP contribution < -0.4 is 11.0 Å². The quantitative estimate of drug-likeness (QED) is 0.670. The molecule has 0 unspecified atom stereocenters. The molecular weight excluding hydrogens is 412 g/mol. The lowest BCUT2D eigenvalue weighted by molar-refractivity contribution is -0.135. The molecule has 1 fully saturated rings. The molecule has 32 heavy (non-hydrogen) atoms. The fraction of sp³-hybridized carbons (Fsp3) is 0.375. The number of benzene rings is 1. The van der Waals surface area contributed by atoms with E-state index >= 15 is 0 Å². The van der Waals surface area contributed by atoms with Crippen LogP contribution in [0.3, 0.4) is 0 Å². The highest BCUT2D eigenvalue weighted by atomic mass is 16.5. The van der Waals surface area contributed by atoms with Crippen molar-refractivity contribution in [2.75, 3.05) is 26.3 Å². The van der Waals surface area contributed by atoms with Crippen molar-refractivity contribution in [2.45, 2.75) is 32.2 Å². The monoisotopic (exact) mass is 436 g/mol. The molecule has 2 aliphatic rings. The highest BCUT2D eigenvalue weighted by Crippen LogP contribution is 2.34. The fourth-order valence-electron chi connectivity index (χ4n) is 4.76. The SMILES string of the molecule is Cc1cc(=O)c(O)c([C@H](CC(=O)N2CCOCC2)c2cc3cccc4c3n(c2=O)CC4)o1. The Hall–Kier alpha value is -3.39. The number of nitrogens with zero attached hydrogens (tertiary/aromatic N) is 2. The molecular formula is C24H24N2O6. The largest absolute Gasteiger partial charge is 0.502 e. The molecule has 8 nitrogen and oxygen atoms in total. The second kappa shape index (κ2) is 7.94. The van der Waals surface area contributed by atoms with Crippen LogP contribution in [-0.2, 0) is 22.5 Å². The molecule has 1 N–H and O–H groups in total. The van der Waals surface area contributed by atoms with Gasteiger partial charge in [0.05, 0.1) is 24.6 Å². The maximum absolute atomic E-state index is 13.5. The predicted octanol–water partition coefficient (Wildman–Crippen LogP) is 1.91. The van der Waals surface area contributed by atoms with Gasteiger partial charge >= 0.3 is 0 Å². The Morgan fingerprint density at radius 3 is 2.72 bits per heavy atom. The van der Waals surface area contributed by atoms with E-state index < -0.39 is 17.1 Å².